The lowest BCUT2D eigenvalue weighted by atomic mass is 9.77. The number of hydrogen-bond acceptors (Lipinski definition) is 6. The minimum Gasteiger partial charge on any atom is -0.394 e. The van der Waals surface area contributed by atoms with Crippen LogP contribution in [-0.4, -0.2) is 63.7 Å². The average Bonchev–Trinajstić information content (AvgIpc) is 2.98. The zero-order chi connectivity index (χ0) is 22.2. The molecule has 0 aromatic rings. The standard InChI is InChI=1S/C23H39NO6/c1-6-13(3)17-16(12-25)29-22(30-23(4,5)7-2)18(19(17)26)24-20(27)14-10-8-9-11-15(14)21(24)28/h13-19,22,25-26H,6-12H2,1-5H3/t13?,14?,15?,16?,17-,18?,19?,22+/m1/s1. The van der Waals surface area contributed by atoms with Crippen LogP contribution in [0, 0.1) is 23.7 Å². The van der Waals surface area contributed by atoms with Gasteiger partial charge in [-0.3, -0.25) is 14.5 Å². The Morgan fingerprint density at radius 1 is 1.17 bits per heavy atom. The molecular weight excluding hydrogens is 386 g/mol. The van der Waals surface area contributed by atoms with Crippen molar-refractivity contribution < 1.29 is 29.3 Å². The Hall–Kier alpha value is -1.02. The molecular formula is C23H39NO6. The Morgan fingerprint density at radius 2 is 1.73 bits per heavy atom. The van der Waals surface area contributed by atoms with E-state index in [4.69, 9.17) is 9.47 Å². The van der Waals surface area contributed by atoms with E-state index in [-0.39, 0.29) is 36.2 Å². The summed E-state index contributed by atoms with van der Waals surface area (Å²) < 4.78 is 12.4. The number of carbonyl (C=O) groups is 2. The maximum Gasteiger partial charge on any atom is 0.233 e. The van der Waals surface area contributed by atoms with Crippen LogP contribution in [0.25, 0.3) is 0 Å². The summed E-state index contributed by atoms with van der Waals surface area (Å²) in [5.74, 6) is -1.34. The van der Waals surface area contributed by atoms with E-state index in [0.29, 0.717) is 6.42 Å². The molecule has 3 fully saturated rings. The number of imide groups is 1. The van der Waals surface area contributed by atoms with Gasteiger partial charge in [0, 0.05) is 5.92 Å². The second-order valence-electron chi connectivity index (χ2n) is 9.94. The van der Waals surface area contributed by atoms with E-state index in [0.717, 1.165) is 32.1 Å². The molecule has 2 heterocycles. The van der Waals surface area contributed by atoms with E-state index in [1.807, 2.05) is 34.6 Å². The van der Waals surface area contributed by atoms with Crippen LogP contribution in [0.3, 0.4) is 0 Å². The Bertz CT molecular complexity index is 613. The normalized spacial score (nSPS) is 38.6. The van der Waals surface area contributed by atoms with Crippen LogP contribution in [0.4, 0.5) is 0 Å². The summed E-state index contributed by atoms with van der Waals surface area (Å²) in [4.78, 5) is 27.9. The molecule has 2 aliphatic heterocycles. The van der Waals surface area contributed by atoms with E-state index in [1.165, 1.54) is 4.90 Å². The first-order chi connectivity index (χ1) is 14.2. The summed E-state index contributed by atoms with van der Waals surface area (Å²) in [6.07, 6.45) is 2.21. The molecule has 172 valence electrons. The molecule has 7 heteroatoms. The first-order valence-electron chi connectivity index (χ1n) is 11.7. The van der Waals surface area contributed by atoms with Crippen molar-refractivity contribution in [1.82, 2.24) is 4.90 Å². The molecule has 7 nitrogen and oxygen atoms in total. The molecule has 1 aliphatic carbocycles. The maximum atomic E-state index is 13.3. The van der Waals surface area contributed by atoms with Gasteiger partial charge in [0.2, 0.25) is 11.8 Å². The second kappa shape index (κ2) is 9.23. The fourth-order valence-corrected chi connectivity index (χ4v) is 5.34. The number of ether oxygens (including phenoxy) is 2. The third-order valence-corrected chi connectivity index (χ3v) is 7.70. The number of fused-ring (bicyclic) bond motifs is 1. The van der Waals surface area contributed by atoms with E-state index in [2.05, 4.69) is 0 Å². The molecule has 0 aromatic carbocycles. The number of aliphatic hydroxyl groups is 2. The number of rotatable bonds is 7. The van der Waals surface area contributed by atoms with Crippen LogP contribution in [0.2, 0.25) is 0 Å². The van der Waals surface area contributed by atoms with Crippen molar-refractivity contribution in [2.75, 3.05) is 6.61 Å². The van der Waals surface area contributed by atoms with Crippen LogP contribution in [0.1, 0.15) is 73.1 Å². The van der Waals surface area contributed by atoms with Crippen molar-refractivity contribution in [1.29, 1.82) is 0 Å². The Labute approximate surface area is 180 Å². The molecule has 6 unspecified atom stereocenters. The molecule has 0 bridgehead atoms. The lowest BCUT2D eigenvalue weighted by Gasteiger charge is -2.50. The predicted octanol–water partition coefficient (Wildman–Crippen LogP) is 2.48. The van der Waals surface area contributed by atoms with Crippen molar-refractivity contribution in [3.05, 3.63) is 0 Å². The summed E-state index contributed by atoms with van der Waals surface area (Å²) in [5, 5.41) is 21.5. The van der Waals surface area contributed by atoms with E-state index >= 15 is 0 Å². The highest BCUT2D eigenvalue weighted by molar-refractivity contribution is 6.05. The number of aliphatic hydroxyl groups excluding tert-OH is 2. The summed E-state index contributed by atoms with van der Waals surface area (Å²) in [6, 6.07) is -0.900. The topological polar surface area (TPSA) is 96.3 Å². The van der Waals surface area contributed by atoms with E-state index in [1.54, 1.807) is 0 Å². The van der Waals surface area contributed by atoms with E-state index in [9.17, 15) is 19.8 Å². The number of nitrogens with zero attached hydrogens (tertiary/aromatic N) is 1. The lowest BCUT2D eigenvalue weighted by molar-refractivity contribution is -0.302. The van der Waals surface area contributed by atoms with Gasteiger partial charge in [0.15, 0.2) is 6.29 Å². The van der Waals surface area contributed by atoms with Gasteiger partial charge in [0.25, 0.3) is 0 Å². The molecule has 1 saturated carbocycles. The molecule has 30 heavy (non-hydrogen) atoms. The van der Waals surface area contributed by atoms with Gasteiger partial charge in [0.1, 0.15) is 6.04 Å². The SMILES string of the molecule is CCC(C)[C@@H]1C(CO)O[C@@H](OC(C)(C)CC)C(N2C(=O)C3CCCCC3C2=O)C1O. The highest BCUT2D eigenvalue weighted by Crippen LogP contribution is 2.44. The van der Waals surface area contributed by atoms with Crippen molar-refractivity contribution in [2.24, 2.45) is 23.7 Å². The molecule has 2 saturated heterocycles. The van der Waals surface area contributed by atoms with Crippen molar-refractivity contribution >= 4 is 11.8 Å². The smallest absolute Gasteiger partial charge is 0.233 e. The molecule has 0 aromatic heterocycles. The zero-order valence-corrected chi connectivity index (χ0v) is 19.0. The summed E-state index contributed by atoms with van der Waals surface area (Å²) in [6.45, 7) is 9.59. The van der Waals surface area contributed by atoms with Crippen LogP contribution in [0.15, 0.2) is 0 Å². The number of amides is 2. The molecule has 0 radical (unpaired) electrons. The van der Waals surface area contributed by atoms with Crippen LogP contribution in [-0.2, 0) is 19.1 Å². The molecule has 3 rings (SSSR count). The molecule has 3 aliphatic rings. The molecule has 8 atom stereocenters. The number of carbonyl (C=O) groups excluding carboxylic acids is 2. The summed E-state index contributed by atoms with van der Waals surface area (Å²) in [7, 11) is 0. The molecule has 2 N–H and O–H groups in total. The lowest BCUT2D eigenvalue weighted by Crippen LogP contribution is -2.65. The van der Waals surface area contributed by atoms with Crippen LogP contribution < -0.4 is 0 Å². The fourth-order valence-electron chi connectivity index (χ4n) is 5.34. The van der Waals surface area contributed by atoms with Crippen molar-refractivity contribution in [3.63, 3.8) is 0 Å². The largest absolute Gasteiger partial charge is 0.394 e. The van der Waals surface area contributed by atoms with Gasteiger partial charge < -0.3 is 19.7 Å². The van der Waals surface area contributed by atoms with Gasteiger partial charge in [0.05, 0.1) is 36.3 Å². The number of likely N-dealkylation sites (tertiary alicyclic amines) is 1. The number of hydrogen-bond donors (Lipinski definition) is 2. The monoisotopic (exact) mass is 425 g/mol. The average molecular weight is 426 g/mol. The molecule has 0 spiro atoms. The van der Waals surface area contributed by atoms with Gasteiger partial charge >= 0.3 is 0 Å². The van der Waals surface area contributed by atoms with Gasteiger partial charge in [-0.15, -0.1) is 0 Å². The fraction of sp³-hybridized carbons (Fsp3) is 0.913. The Morgan fingerprint density at radius 3 is 2.20 bits per heavy atom. The quantitative estimate of drug-likeness (QED) is 0.609. The predicted molar refractivity (Wildman–Crippen MR) is 111 cm³/mol. The minimum atomic E-state index is -1.02. The summed E-state index contributed by atoms with van der Waals surface area (Å²) in [5.41, 5.74) is -0.565. The zero-order valence-electron chi connectivity index (χ0n) is 19.0. The third kappa shape index (κ3) is 4.18. The van der Waals surface area contributed by atoms with Gasteiger partial charge in [-0.25, -0.2) is 0 Å². The van der Waals surface area contributed by atoms with Crippen molar-refractivity contribution in [3.8, 4) is 0 Å². The van der Waals surface area contributed by atoms with Gasteiger partial charge in [-0.1, -0.05) is 40.0 Å². The Balaban J connectivity index is 1.99. The van der Waals surface area contributed by atoms with Crippen molar-refractivity contribution in [2.45, 2.75) is 103 Å². The van der Waals surface area contributed by atoms with Crippen LogP contribution in [0.5, 0.6) is 0 Å². The first-order valence-corrected chi connectivity index (χ1v) is 11.7. The van der Waals surface area contributed by atoms with Gasteiger partial charge in [-0.2, -0.15) is 0 Å². The maximum absolute atomic E-state index is 13.3. The second-order valence-corrected chi connectivity index (χ2v) is 9.94. The highest BCUT2D eigenvalue weighted by atomic mass is 16.7. The minimum absolute atomic E-state index is 0.0508. The molecule has 2 amide bonds. The third-order valence-electron chi connectivity index (χ3n) is 7.70. The van der Waals surface area contributed by atoms with Crippen LogP contribution >= 0.6 is 0 Å². The Kier molecular flexibility index (Phi) is 7.27. The van der Waals surface area contributed by atoms with E-state index < -0.39 is 36.1 Å². The van der Waals surface area contributed by atoms with Gasteiger partial charge in [-0.05, 0) is 39.0 Å². The first kappa shape index (κ1) is 23.6. The highest BCUT2D eigenvalue weighted by Gasteiger charge is 2.58. The summed E-state index contributed by atoms with van der Waals surface area (Å²) >= 11 is 0.